The number of hydrogen-bond donors (Lipinski definition) is 1. The zero-order valence-electron chi connectivity index (χ0n) is 8.32. The van der Waals surface area contributed by atoms with E-state index in [0.29, 0.717) is 6.61 Å². The lowest BCUT2D eigenvalue weighted by atomic mass is 9.98. The summed E-state index contributed by atoms with van der Waals surface area (Å²) in [5.41, 5.74) is 9.88. The second-order valence-corrected chi connectivity index (χ2v) is 3.63. The molecule has 1 aliphatic heterocycles. The van der Waals surface area contributed by atoms with Crippen molar-refractivity contribution in [2.24, 2.45) is 5.73 Å². The standard InChI is InChI=1S/C11H15NO.ClH/c1-8-2-3-10-9(6-8)4-5-13-7-11(10)12;/h2-3,6,11H,4-5,7,12H2,1H3;1H. The van der Waals surface area contributed by atoms with E-state index in [9.17, 15) is 0 Å². The van der Waals surface area contributed by atoms with E-state index in [4.69, 9.17) is 10.5 Å². The first-order valence-corrected chi connectivity index (χ1v) is 4.70. The molecule has 1 atom stereocenters. The number of hydrogen-bond acceptors (Lipinski definition) is 2. The normalized spacial score (nSPS) is 20.6. The minimum absolute atomic E-state index is 0. The molecule has 3 heteroatoms. The summed E-state index contributed by atoms with van der Waals surface area (Å²) in [6.07, 6.45) is 0.991. The average molecular weight is 214 g/mol. The Morgan fingerprint density at radius 3 is 3.00 bits per heavy atom. The largest absolute Gasteiger partial charge is 0.379 e. The topological polar surface area (TPSA) is 35.2 Å². The quantitative estimate of drug-likeness (QED) is 0.716. The summed E-state index contributed by atoms with van der Waals surface area (Å²) >= 11 is 0. The fourth-order valence-electron chi connectivity index (χ4n) is 1.79. The van der Waals surface area contributed by atoms with Crippen LogP contribution in [-0.4, -0.2) is 13.2 Å². The second kappa shape index (κ2) is 4.78. The summed E-state index contributed by atoms with van der Waals surface area (Å²) in [5.74, 6) is 0. The third-order valence-electron chi connectivity index (χ3n) is 2.51. The highest BCUT2D eigenvalue weighted by atomic mass is 35.5. The van der Waals surface area contributed by atoms with Crippen LogP contribution in [0, 0.1) is 6.92 Å². The van der Waals surface area contributed by atoms with Crippen molar-refractivity contribution in [1.29, 1.82) is 0 Å². The number of halogens is 1. The molecular formula is C11H16ClNO. The molecule has 0 radical (unpaired) electrons. The van der Waals surface area contributed by atoms with Crippen molar-refractivity contribution in [3.8, 4) is 0 Å². The molecule has 0 amide bonds. The van der Waals surface area contributed by atoms with Crippen LogP contribution in [0.5, 0.6) is 0 Å². The van der Waals surface area contributed by atoms with Crippen molar-refractivity contribution in [2.75, 3.05) is 13.2 Å². The molecule has 78 valence electrons. The molecule has 0 aliphatic carbocycles. The molecule has 0 saturated carbocycles. The van der Waals surface area contributed by atoms with Gasteiger partial charge in [-0.3, -0.25) is 0 Å². The van der Waals surface area contributed by atoms with E-state index < -0.39 is 0 Å². The van der Waals surface area contributed by atoms with E-state index >= 15 is 0 Å². The van der Waals surface area contributed by atoms with Gasteiger partial charge in [0.15, 0.2) is 0 Å². The van der Waals surface area contributed by atoms with Gasteiger partial charge in [-0.05, 0) is 24.5 Å². The Balaban J connectivity index is 0.000000980. The highest BCUT2D eigenvalue weighted by Gasteiger charge is 2.14. The Kier molecular flexibility index (Phi) is 3.93. The number of fused-ring (bicyclic) bond motifs is 1. The molecule has 14 heavy (non-hydrogen) atoms. The summed E-state index contributed by atoms with van der Waals surface area (Å²) < 4.78 is 5.40. The molecule has 1 aromatic rings. The van der Waals surface area contributed by atoms with Crippen LogP contribution in [0.3, 0.4) is 0 Å². The van der Waals surface area contributed by atoms with Crippen LogP contribution in [0.25, 0.3) is 0 Å². The number of nitrogens with two attached hydrogens (primary N) is 1. The minimum atomic E-state index is 0. The average Bonchev–Trinajstić information content (AvgIpc) is 2.28. The Labute approximate surface area is 90.9 Å². The third kappa shape index (κ3) is 2.27. The zero-order valence-corrected chi connectivity index (χ0v) is 9.14. The van der Waals surface area contributed by atoms with E-state index in [1.54, 1.807) is 0 Å². The van der Waals surface area contributed by atoms with Gasteiger partial charge in [0.25, 0.3) is 0 Å². The predicted molar refractivity (Wildman–Crippen MR) is 59.9 cm³/mol. The summed E-state index contributed by atoms with van der Waals surface area (Å²) in [7, 11) is 0. The SMILES string of the molecule is Cc1ccc2c(c1)CCOCC2N.Cl. The van der Waals surface area contributed by atoms with Gasteiger partial charge in [-0.15, -0.1) is 12.4 Å². The van der Waals surface area contributed by atoms with Crippen molar-refractivity contribution < 1.29 is 4.74 Å². The predicted octanol–water partition coefficient (Wildman–Crippen LogP) is 1.99. The third-order valence-corrected chi connectivity index (χ3v) is 2.51. The fourth-order valence-corrected chi connectivity index (χ4v) is 1.79. The van der Waals surface area contributed by atoms with Crippen molar-refractivity contribution in [3.05, 3.63) is 34.9 Å². The number of ether oxygens (including phenoxy) is 1. The lowest BCUT2D eigenvalue weighted by molar-refractivity contribution is 0.131. The number of aryl methyl sites for hydroxylation is 1. The van der Waals surface area contributed by atoms with Gasteiger partial charge in [-0.1, -0.05) is 23.8 Å². The van der Waals surface area contributed by atoms with Gasteiger partial charge in [0.05, 0.1) is 19.3 Å². The van der Waals surface area contributed by atoms with Gasteiger partial charge < -0.3 is 10.5 Å². The van der Waals surface area contributed by atoms with E-state index in [1.807, 2.05) is 0 Å². The van der Waals surface area contributed by atoms with Crippen LogP contribution in [0.15, 0.2) is 18.2 Å². The molecular weight excluding hydrogens is 198 g/mol. The molecule has 2 nitrogen and oxygen atoms in total. The van der Waals surface area contributed by atoms with Crippen LogP contribution in [0.2, 0.25) is 0 Å². The van der Waals surface area contributed by atoms with Crippen LogP contribution < -0.4 is 5.73 Å². The smallest absolute Gasteiger partial charge is 0.0659 e. The maximum atomic E-state index is 5.97. The molecule has 2 rings (SSSR count). The second-order valence-electron chi connectivity index (χ2n) is 3.63. The molecule has 0 spiro atoms. The monoisotopic (exact) mass is 213 g/mol. The van der Waals surface area contributed by atoms with Crippen molar-refractivity contribution in [2.45, 2.75) is 19.4 Å². The summed E-state index contributed by atoms with van der Waals surface area (Å²) in [6.45, 7) is 3.55. The molecule has 1 aliphatic rings. The van der Waals surface area contributed by atoms with Crippen LogP contribution in [0.1, 0.15) is 22.7 Å². The zero-order chi connectivity index (χ0) is 9.26. The molecule has 2 N–H and O–H groups in total. The van der Waals surface area contributed by atoms with E-state index in [2.05, 4.69) is 25.1 Å². The Hall–Kier alpha value is -0.570. The Morgan fingerprint density at radius 1 is 1.43 bits per heavy atom. The van der Waals surface area contributed by atoms with Crippen molar-refractivity contribution in [3.63, 3.8) is 0 Å². The highest BCUT2D eigenvalue weighted by molar-refractivity contribution is 5.85. The summed E-state index contributed by atoms with van der Waals surface area (Å²) in [6, 6.07) is 6.51. The Morgan fingerprint density at radius 2 is 2.21 bits per heavy atom. The minimum Gasteiger partial charge on any atom is -0.379 e. The molecule has 0 saturated heterocycles. The first-order chi connectivity index (χ1) is 6.27. The van der Waals surface area contributed by atoms with E-state index in [-0.39, 0.29) is 18.4 Å². The lowest BCUT2D eigenvalue weighted by Crippen LogP contribution is -2.15. The van der Waals surface area contributed by atoms with Gasteiger partial charge in [0.2, 0.25) is 0 Å². The van der Waals surface area contributed by atoms with E-state index in [0.717, 1.165) is 13.0 Å². The van der Waals surface area contributed by atoms with E-state index in [1.165, 1.54) is 16.7 Å². The van der Waals surface area contributed by atoms with Gasteiger partial charge in [-0.25, -0.2) is 0 Å². The molecule has 0 bridgehead atoms. The molecule has 1 heterocycles. The Bertz CT molecular complexity index is 314. The van der Waals surface area contributed by atoms with Gasteiger partial charge in [-0.2, -0.15) is 0 Å². The lowest BCUT2D eigenvalue weighted by Gasteiger charge is -2.11. The summed E-state index contributed by atoms with van der Waals surface area (Å²) in [4.78, 5) is 0. The van der Waals surface area contributed by atoms with Crippen LogP contribution in [0.4, 0.5) is 0 Å². The number of benzene rings is 1. The van der Waals surface area contributed by atoms with Crippen LogP contribution in [-0.2, 0) is 11.2 Å². The maximum absolute atomic E-state index is 5.97. The van der Waals surface area contributed by atoms with Gasteiger partial charge >= 0.3 is 0 Å². The number of rotatable bonds is 0. The maximum Gasteiger partial charge on any atom is 0.0659 e. The molecule has 1 unspecified atom stereocenters. The molecule has 0 fully saturated rings. The first-order valence-electron chi connectivity index (χ1n) is 4.70. The van der Waals surface area contributed by atoms with Gasteiger partial charge in [0, 0.05) is 0 Å². The molecule has 0 aromatic heterocycles. The fraction of sp³-hybridized carbons (Fsp3) is 0.455. The highest BCUT2D eigenvalue weighted by Crippen LogP contribution is 2.21. The first kappa shape index (κ1) is 11.5. The summed E-state index contributed by atoms with van der Waals surface area (Å²) in [5, 5.41) is 0. The van der Waals surface area contributed by atoms with Crippen LogP contribution >= 0.6 is 12.4 Å². The van der Waals surface area contributed by atoms with Crippen molar-refractivity contribution in [1.82, 2.24) is 0 Å². The van der Waals surface area contributed by atoms with Crippen molar-refractivity contribution >= 4 is 12.4 Å². The molecule has 1 aromatic carbocycles. The van der Waals surface area contributed by atoms with Gasteiger partial charge in [0.1, 0.15) is 0 Å².